The molecule has 0 amide bonds. The topological polar surface area (TPSA) is 55.7 Å². The standard InChI is InChI=1S/C10H13NO3S/c1-8-4-6-10(7-5-8)15(12,13)11-9(2)14-3/h4-7H,1-3H3/b11-9+. The van der Waals surface area contributed by atoms with Gasteiger partial charge in [-0.2, -0.15) is 8.42 Å². The molecule has 0 aliphatic rings. The molecular weight excluding hydrogens is 214 g/mol. The first kappa shape index (κ1) is 11.7. The van der Waals surface area contributed by atoms with Gasteiger partial charge in [-0.05, 0) is 19.1 Å². The van der Waals surface area contributed by atoms with Crippen molar-refractivity contribution in [3.63, 3.8) is 0 Å². The lowest BCUT2D eigenvalue weighted by Crippen LogP contribution is -2.03. The molecule has 0 aliphatic carbocycles. The zero-order chi connectivity index (χ0) is 11.5. The van der Waals surface area contributed by atoms with E-state index in [0.29, 0.717) is 0 Å². The number of sulfonamides is 1. The highest BCUT2D eigenvalue weighted by Crippen LogP contribution is 2.13. The van der Waals surface area contributed by atoms with E-state index in [1.807, 2.05) is 6.92 Å². The van der Waals surface area contributed by atoms with Crippen LogP contribution >= 0.6 is 0 Å². The number of hydrogen-bond acceptors (Lipinski definition) is 3. The second-order valence-corrected chi connectivity index (χ2v) is 4.71. The second kappa shape index (κ2) is 4.44. The first-order chi connectivity index (χ1) is 6.95. The summed E-state index contributed by atoms with van der Waals surface area (Å²) in [6.45, 7) is 3.38. The molecule has 0 aliphatic heterocycles. The van der Waals surface area contributed by atoms with Crippen LogP contribution in [0.15, 0.2) is 33.6 Å². The van der Waals surface area contributed by atoms with E-state index in [1.165, 1.54) is 26.2 Å². The summed E-state index contributed by atoms with van der Waals surface area (Å²) in [6, 6.07) is 6.50. The summed E-state index contributed by atoms with van der Waals surface area (Å²) in [5.74, 6) is 0.121. The zero-order valence-electron chi connectivity index (χ0n) is 8.89. The van der Waals surface area contributed by atoms with Crippen LogP contribution < -0.4 is 0 Å². The van der Waals surface area contributed by atoms with Crippen molar-refractivity contribution >= 4 is 15.9 Å². The number of benzene rings is 1. The quantitative estimate of drug-likeness (QED) is 0.571. The minimum absolute atomic E-state index is 0.121. The molecular formula is C10H13NO3S. The summed E-state index contributed by atoms with van der Waals surface area (Å²) in [5, 5.41) is 0. The highest BCUT2D eigenvalue weighted by atomic mass is 32.2. The van der Waals surface area contributed by atoms with Gasteiger partial charge < -0.3 is 4.74 Å². The molecule has 15 heavy (non-hydrogen) atoms. The predicted octanol–water partition coefficient (Wildman–Crippen LogP) is 1.75. The minimum Gasteiger partial charge on any atom is -0.484 e. The molecule has 0 bridgehead atoms. The highest BCUT2D eigenvalue weighted by Gasteiger charge is 2.12. The Balaban J connectivity index is 3.13. The lowest BCUT2D eigenvalue weighted by molar-refractivity contribution is 0.401. The van der Waals surface area contributed by atoms with Crippen molar-refractivity contribution in [2.24, 2.45) is 4.40 Å². The number of aryl methyl sites for hydroxylation is 1. The fourth-order valence-corrected chi connectivity index (χ4v) is 1.97. The smallest absolute Gasteiger partial charge is 0.285 e. The minimum atomic E-state index is -3.63. The predicted molar refractivity (Wildman–Crippen MR) is 58.5 cm³/mol. The lowest BCUT2D eigenvalue weighted by Gasteiger charge is -2.01. The average Bonchev–Trinajstić information content (AvgIpc) is 2.17. The van der Waals surface area contributed by atoms with Crippen LogP contribution in [0.2, 0.25) is 0 Å². The molecule has 0 spiro atoms. The number of ether oxygens (including phenoxy) is 1. The van der Waals surface area contributed by atoms with Gasteiger partial charge in [-0.25, -0.2) is 0 Å². The molecule has 0 N–H and O–H groups in total. The fourth-order valence-electron chi connectivity index (χ4n) is 0.969. The molecule has 0 saturated carbocycles. The molecule has 1 rings (SSSR count). The van der Waals surface area contributed by atoms with Gasteiger partial charge in [-0.15, -0.1) is 4.40 Å². The van der Waals surface area contributed by atoms with Gasteiger partial charge in [0, 0.05) is 6.92 Å². The normalized spacial score (nSPS) is 12.6. The monoisotopic (exact) mass is 227 g/mol. The summed E-state index contributed by atoms with van der Waals surface area (Å²) in [6.07, 6.45) is 0. The van der Waals surface area contributed by atoms with Crippen molar-refractivity contribution in [2.75, 3.05) is 7.11 Å². The molecule has 82 valence electrons. The Morgan fingerprint density at radius 2 is 1.80 bits per heavy atom. The van der Waals surface area contributed by atoms with Gasteiger partial charge in [0.15, 0.2) is 5.90 Å². The van der Waals surface area contributed by atoms with Gasteiger partial charge in [-0.1, -0.05) is 17.7 Å². The Labute approximate surface area is 89.7 Å². The van der Waals surface area contributed by atoms with Crippen molar-refractivity contribution < 1.29 is 13.2 Å². The van der Waals surface area contributed by atoms with E-state index in [9.17, 15) is 8.42 Å². The Kier molecular flexibility index (Phi) is 3.47. The SMILES string of the molecule is CO/C(C)=N/S(=O)(=O)c1ccc(C)cc1. The van der Waals surface area contributed by atoms with Crippen LogP contribution in [0.1, 0.15) is 12.5 Å². The Hall–Kier alpha value is -1.36. The molecule has 0 unspecified atom stereocenters. The molecule has 0 aromatic heterocycles. The van der Waals surface area contributed by atoms with E-state index in [-0.39, 0.29) is 10.8 Å². The van der Waals surface area contributed by atoms with Crippen LogP contribution in [0.3, 0.4) is 0 Å². The van der Waals surface area contributed by atoms with Gasteiger partial charge in [0.05, 0.1) is 12.0 Å². The third-order valence-corrected chi connectivity index (χ3v) is 3.23. The van der Waals surface area contributed by atoms with Crippen LogP contribution in [0.5, 0.6) is 0 Å². The number of rotatable bonds is 2. The molecule has 5 heteroatoms. The molecule has 0 atom stereocenters. The van der Waals surface area contributed by atoms with Crippen LogP contribution in [-0.4, -0.2) is 21.4 Å². The van der Waals surface area contributed by atoms with Crippen molar-refractivity contribution in [2.45, 2.75) is 18.7 Å². The summed E-state index contributed by atoms with van der Waals surface area (Å²) < 4.78 is 31.5. The highest BCUT2D eigenvalue weighted by molar-refractivity contribution is 7.90. The van der Waals surface area contributed by atoms with Crippen molar-refractivity contribution in [3.8, 4) is 0 Å². The van der Waals surface area contributed by atoms with Crippen LogP contribution in [0.25, 0.3) is 0 Å². The number of nitrogens with zero attached hydrogens (tertiary/aromatic N) is 1. The molecule has 4 nitrogen and oxygen atoms in total. The lowest BCUT2D eigenvalue weighted by atomic mass is 10.2. The maximum Gasteiger partial charge on any atom is 0.285 e. The van der Waals surface area contributed by atoms with Crippen LogP contribution in [0.4, 0.5) is 0 Å². The van der Waals surface area contributed by atoms with E-state index in [1.54, 1.807) is 12.1 Å². The first-order valence-corrected chi connectivity index (χ1v) is 5.82. The van der Waals surface area contributed by atoms with Crippen molar-refractivity contribution in [3.05, 3.63) is 29.8 Å². The Morgan fingerprint density at radius 3 is 2.27 bits per heavy atom. The number of methoxy groups -OCH3 is 1. The van der Waals surface area contributed by atoms with Gasteiger partial charge in [-0.3, -0.25) is 0 Å². The summed E-state index contributed by atoms with van der Waals surface area (Å²) in [7, 11) is -2.25. The summed E-state index contributed by atoms with van der Waals surface area (Å²) in [4.78, 5) is 0.171. The van der Waals surface area contributed by atoms with Gasteiger partial charge in [0.25, 0.3) is 10.0 Å². The van der Waals surface area contributed by atoms with E-state index >= 15 is 0 Å². The van der Waals surface area contributed by atoms with E-state index < -0.39 is 10.0 Å². The van der Waals surface area contributed by atoms with Gasteiger partial charge in [0.2, 0.25) is 0 Å². The van der Waals surface area contributed by atoms with Crippen molar-refractivity contribution in [1.82, 2.24) is 0 Å². The van der Waals surface area contributed by atoms with Gasteiger partial charge in [0.1, 0.15) is 0 Å². The maximum absolute atomic E-state index is 11.6. The van der Waals surface area contributed by atoms with E-state index in [4.69, 9.17) is 4.74 Å². The van der Waals surface area contributed by atoms with E-state index in [2.05, 4.69) is 4.40 Å². The first-order valence-electron chi connectivity index (χ1n) is 4.38. The van der Waals surface area contributed by atoms with Gasteiger partial charge >= 0.3 is 0 Å². The van der Waals surface area contributed by atoms with Crippen LogP contribution in [-0.2, 0) is 14.8 Å². The third kappa shape index (κ3) is 3.06. The molecule has 0 heterocycles. The number of hydrogen-bond donors (Lipinski definition) is 0. The largest absolute Gasteiger partial charge is 0.484 e. The molecule has 0 radical (unpaired) electrons. The van der Waals surface area contributed by atoms with Crippen LogP contribution in [0, 0.1) is 6.92 Å². The third-order valence-electron chi connectivity index (χ3n) is 1.86. The Bertz CT molecular complexity index is 460. The Morgan fingerprint density at radius 1 is 1.27 bits per heavy atom. The average molecular weight is 227 g/mol. The molecule has 0 fully saturated rings. The molecule has 1 aromatic carbocycles. The zero-order valence-corrected chi connectivity index (χ0v) is 9.71. The summed E-state index contributed by atoms with van der Waals surface area (Å²) in [5.41, 5.74) is 1.00. The maximum atomic E-state index is 11.6. The van der Waals surface area contributed by atoms with E-state index in [0.717, 1.165) is 5.56 Å². The summed E-state index contributed by atoms with van der Waals surface area (Å²) >= 11 is 0. The molecule has 0 saturated heterocycles. The second-order valence-electron chi connectivity index (χ2n) is 3.10. The van der Waals surface area contributed by atoms with Crippen molar-refractivity contribution in [1.29, 1.82) is 0 Å². The fraction of sp³-hybridized carbons (Fsp3) is 0.300. The molecule has 1 aromatic rings.